The van der Waals surface area contributed by atoms with Crippen molar-refractivity contribution >= 4 is 23.5 Å². The molecule has 2 amide bonds. The van der Waals surface area contributed by atoms with Crippen LogP contribution in [0.5, 0.6) is 0 Å². The molecule has 0 radical (unpaired) electrons. The number of carboxylic acids is 1. The van der Waals surface area contributed by atoms with Gasteiger partial charge in [0.05, 0.1) is 5.56 Å². The van der Waals surface area contributed by atoms with Crippen LogP contribution >= 0.6 is 0 Å². The summed E-state index contributed by atoms with van der Waals surface area (Å²) in [6.45, 7) is 13.5. The molecule has 0 spiro atoms. The fraction of sp³-hybridized carbons (Fsp3) is 0.406. The van der Waals surface area contributed by atoms with Crippen molar-refractivity contribution in [1.82, 2.24) is 10.2 Å². The van der Waals surface area contributed by atoms with Crippen LogP contribution in [-0.4, -0.2) is 46.7 Å². The lowest BCUT2D eigenvalue weighted by Crippen LogP contribution is -2.48. The Morgan fingerprint density at radius 1 is 0.949 bits per heavy atom. The number of amides is 2. The minimum absolute atomic E-state index is 0.0185. The third kappa shape index (κ3) is 6.08. The van der Waals surface area contributed by atoms with E-state index in [1.807, 2.05) is 49.9 Å². The molecule has 206 valence electrons. The third-order valence-corrected chi connectivity index (χ3v) is 7.58. The van der Waals surface area contributed by atoms with Gasteiger partial charge >= 0.3 is 12.1 Å². The van der Waals surface area contributed by atoms with Gasteiger partial charge in [0.1, 0.15) is 5.60 Å². The highest BCUT2D eigenvalue weighted by Crippen LogP contribution is 2.55. The lowest BCUT2D eigenvalue weighted by Gasteiger charge is -2.50. The molecule has 0 unspecified atom stereocenters. The van der Waals surface area contributed by atoms with E-state index in [-0.39, 0.29) is 22.3 Å². The molecule has 1 aliphatic carbocycles. The molecule has 2 N–H and O–H groups in total. The minimum Gasteiger partial charge on any atom is -0.478 e. The van der Waals surface area contributed by atoms with Crippen molar-refractivity contribution in [3.8, 4) is 0 Å². The van der Waals surface area contributed by atoms with Gasteiger partial charge in [0, 0.05) is 36.0 Å². The van der Waals surface area contributed by atoms with E-state index in [2.05, 4.69) is 38.2 Å². The molecule has 1 atom stereocenters. The first-order valence-electron chi connectivity index (χ1n) is 13.3. The summed E-state index contributed by atoms with van der Waals surface area (Å²) in [7, 11) is 0. The number of carboxylic acid groups (broad SMARTS) is 1. The van der Waals surface area contributed by atoms with Gasteiger partial charge in [-0.1, -0.05) is 62.8 Å². The number of nitrogens with one attached hydrogen (secondary N) is 1. The van der Waals surface area contributed by atoms with Crippen LogP contribution in [0.15, 0.2) is 66.3 Å². The molecule has 0 fully saturated rings. The monoisotopic (exact) mass is 530 g/mol. The van der Waals surface area contributed by atoms with Crippen LogP contribution in [0.3, 0.4) is 0 Å². The van der Waals surface area contributed by atoms with Crippen molar-refractivity contribution in [3.05, 3.63) is 88.5 Å². The molecule has 0 saturated heterocycles. The van der Waals surface area contributed by atoms with E-state index in [1.165, 1.54) is 11.1 Å². The number of carbonyl (C=O) groups is 3. The number of rotatable bonds is 5. The maximum Gasteiger partial charge on any atom is 0.407 e. The second kappa shape index (κ2) is 10.4. The van der Waals surface area contributed by atoms with E-state index in [0.29, 0.717) is 25.2 Å². The lowest BCUT2D eigenvalue weighted by atomic mass is 9.58. The van der Waals surface area contributed by atoms with Gasteiger partial charge in [-0.2, -0.15) is 0 Å². The van der Waals surface area contributed by atoms with E-state index in [1.54, 1.807) is 24.3 Å². The van der Waals surface area contributed by atoms with Gasteiger partial charge in [-0.15, -0.1) is 0 Å². The van der Waals surface area contributed by atoms with Crippen LogP contribution in [0.2, 0.25) is 0 Å². The Hall–Kier alpha value is -3.87. The molecule has 1 heterocycles. The molecule has 2 aliphatic rings. The zero-order valence-corrected chi connectivity index (χ0v) is 23.6. The Morgan fingerprint density at radius 2 is 1.56 bits per heavy atom. The van der Waals surface area contributed by atoms with Crippen molar-refractivity contribution in [3.63, 3.8) is 0 Å². The van der Waals surface area contributed by atoms with Crippen LogP contribution in [0, 0.1) is 10.8 Å². The number of nitrogens with zero attached hydrogens (tertiary/aromatic N) is 1. The Kier molecular flexibility index (Phi) is 7.48. The first-order chi connectivity index (χ1) is 18.2. The predicted octanol–water partition coefficient (Wildman–Crippen LogP) is 6.31. The number of hydrogen-bond acceptors (Lipinski definition) is 4. The first-order valence-corrected chi connectivity index (χ1v) is 13.3. The third-order valence-electron chi connectivity index (χ3n) is 7.58. The van der Waals surface area contributed by atoms with Crippen molar-refractivity contribution in [1.29, 1.82) is 0 Å². The lowest BCUT2D eigenvalue weighted by molar-refractivity contribution is 0.0522. The molecule has 0 aromatic heterocycles. The topological polar surface area (TPSA) is 95.9 Å². The summed E-state index contributed by atoms with van der Waals surface area (Å²) >= 11 is 0. The SMILES string of the molecule is CC(C)(C)OC(=O)NCc1ccc(C(=O)N2CC=C3C(C)(C)C(c4ccc(C(=O)O)cc4)=CC[C@]3(C)C2)cc1. The quantitative estimate of drug-likeness (QED) is 0.442. The van der Waals surface area contributed by atoms with E-state index in [0.717, 1.165) is 17.5 Å². The van der Waals surface area contributed by atoms with E-state index < -0.39 is 17.7 Å². The molecular weight excluding hydrogens is 492 g/mol. The van der Waals surface area contributed by atoms with Gasteiger partial charge in [0.2, 0.25) is 0 Å². The fourth-order valence-electron chi connectivity index (χ4n) is 5.79. The first kappa shape index (κ1) is 28.1. The molecule has 7 nitrogen and oxygen atoms in total. The number of alkyl carbamates (subject to hydrolysis) is 1. The van der Waals surface area contributed by atoms with E-state index in [4.69, 9.17) is 4.74 Å². The summed E-state index contributed by atoms with van der Waals surface area (Å²) in [6, 6.07) is 14.4. The number of carbonyl (C=O) groups excluding carboxylic acids is 2. The second-order valence-electron chi connectivity index (χ2n) is 12.2. The Bertz CT molecular complexity index is 1330. The number of hydrogen-bond donors (Lipinski definition) is 2. The van der Waals surface area contributed by atoms with E-state index >= 15 is 0 Å². The summed E-state index contributed by atoms with van der Waals surface area (Å²) in [6.07, 6.45) is 4.75. The summed E-state index contributed by atoms with van der Waals surface area (Å²) in [4.78, 5) is 38.5. The number of ether oxygens (including phenoxy) is 1. The van der Waals surface area contributed by atoms with Gasteiger partial charge in [-0.05, 0) is 68.2 Å². The number of fused-ring (bicyclic) bond motifs is 1. The summed E-state index contributed by atoms with van der Waals surface area (Å²) in [5, 5.41) is 12.0. The van der Waals surface area contributed by atoms with Crippen LogP contribution in [0.4, 0.5) is 4.79 Å². The second-order valence-corrected chi connectivity index (χ2v) is 12.2. The summed E-state index contributed by atoms with van der Waals surface area (Å²) < 4.78 is 5.27. The zero-order chi connectivity index (χ0) is 28.6. The van der Waals surface area contributed by atoms with Crippen molar-refractivity contribution < 1.29 is 24.2 Å². The molecule has 39 heavy (non-hydrogen) atoms. The normalized spacial score (nSPS) is 20.3. The van der Waals surface area contributed by atoms with Crippen LogP contribution < -0.4 is 5.32 Å². The standard InChI is InChI=1S/C32H38N2O5/c1-30(2,3)39-29(38)33-19-21-7-9-23(10-8-21)27(35)34-18-16-26-31(4,5)25(15-17-32(26,6)20-34)22-11-13-24(14-12-22)28(36)37/h7-16H,17-20H2,1-6H3,(H,33,38)(H,36,37)/t32-/m1/s1. The average Bonchev–Trinajstić information content (AvgIpc) is 2.86. The van der Waals surface area contributed by atoms with Crippen molar-refractivity contribution in [2.45, 2.75) is 60.1 Å². The molecular formula is C32H38N2O5. The molecule has 1 aliphatic heterocycles. The zero-order valence-electron chi connectivity index (χ0n) is 23.6. The Labute approximate surface area is 230 Å². The average molecular weight is 531 g/mol. The van der Waals surface area contributed by atoms with Gasteiger partial charge in [0.25, 0.3) is 5.91 Å². The maximum absolute atomic E-state index is 13.4. The molecule has 0 bridgehead atoms. The highest BCUT2D eigenvalue weighted by Gasteiger charge is 2.46. The Balaban J connectivity index is 1.45. The molecule has 7 heteroatoms. The van der Waals surface area contributed by atoms with Crippen LogP contribution in [0.1, 0.15) is 79.8 Å². The van der Waals surface area contributed by atoms with Crippen LogP contribution in [-0.2, 0) is 11.3 Å². The molecule has 2 aromatic rings. The highest BCUT2D eigenvalue weighted by atomic mass is 16.6. The van der Waals surface area contributed by atoms with Crippen LogP contribution in [0.25, 0.3) is 5.57 Å². The molecule has 0 saturated carbocycles. The largest absolute Gasteiger partial charge is 0.478 e. The number of aromatic carboxylic acids is 1. The predicted molar refractivity (Wildman–Crippen MR) is 151 cm³/mol. The van der Waals surface area contributed by atoms with Gasteiger partial charge in [-0.25, -0.2) is 9.59 Å². The highest BCUT2D eigenvalue weighted by molar-refractivity contribution is 5.94. The fourth-order valence-corrected chi connectivity index (χ4v) is 5.79. The number of allylic oxidation sites excluding steroid dienone is 2. The smallest absolute Gasteiger partial charge is 0.407 e. The Morgan fingerprint density at radius 3 is 2.15 bits per heavy atom. The van der Waals surface area contributed by atoms with E-state index in [9.17, 15) is 19.5 Å². The molecule has 4 rings (SSSR count). The van der Waals surface area contributed by atoms with Gasteiger partial charge < -0.3 is 20.1 Å². The van der Waals surface area contributed by atoms with Crippen molar-refractivity contribution in [2.75, 3.05) is 13.1 Å². The number of benzene rings is 2. The summed E-state index contributed by atoms with van der Waals surface area (Å²) in [5.41, 5.74) is 4.27. The van der Waals surface area contributed by atoms with Crippen molar-refractivity contribution in [2.24, 2.45) is 10.8 Å². The van der Waals surface area contributed by atoms with Gasteiger partial charge in [-0.3, -0.25) is 4.79 Å². The maximum atomic E-state index is 13.4. The summed E-state index contributed by atoms with van der Waals surface area (Å²) in [5.74, 6) is -0.951. The minimum atomic E-state index is -0.933. The molecule has 2 aromatic carbocycles. The van der Waals surface area contributed by atoms with Gasteiger partial charge in [0.15, 0.2) is 0 Å².